The molecule has 3 aromatic rings. The molecule has 36 heavy (non-hydrogen) atoms. The Balaban J connectivity index is 0.000000454. The standard InChI is InChI=1S/C22H25N5O2.C5H10O2/c1-26(22(29)16-5-3-11-24-12-16)13-15-7-9-18(10-8-15)27-14-17-4-2-6-19(21(23)28)20(17)25-27;1-5(2,3)7-4-6/h2,4,6-10,14,16,24H,3,5,11-13H2,1H3,(H2,23,28);4H,1-3H3. The van der Waals surface area contributed by atoms with Gasteiger partial charge in [-0.1, -0.05) is 24.3 Å². The number of amides is 2. The summed E-state index contributed by atoms with van der Waals surface area (Å²) < 4.78 is 6.29. The Morgan fingerprint density at radius 2 is 1.94 bits per heavy atom. The molecule has 9 heteroatoms. The largest absolute Gasteiger partial charge is 0.462 e. The summed E-state index contributed by atoms with van der Waals surface area (Å²) in [5.74, 6) is -0.223. The highest BCUT2D eigenvalue weighted by Crippen LogP contribution is 2.20. The smallest absolute Gasteiger partial charge is 0.293 e. The van der Waals surface area contributed by atoms with Crippen LogP contribution in [0.2, 0.25) is 0 Å². The second-order valence-corrected chi connectivity index (χ2v) is 9.91. The van der Waals surface area contributed by atoms with E-state index in [4.69, 9.17) is 5.73 Å². The van der Waals surface area contributed by atoms with Gasteiger partial charge in [0.25, 0.3) is 12.4 Å². The lowest BCUT2D eigenvalue weighted by Crippen LogP contribution is -2.41. The number of hydrogen-bond acceptors (Lipinski definition) is 6. The minimum Gasteiger partial charge on any atom is -0.462 e. The van der Waals surface area contributed by atoms with Crippen LogP contribution < -0.4 is 11.1 Å². The number of rotatable bonds is 6. The molecule has 1 atom stereocenters. The molecule has 1 aliphatic heterocycles. The molecule has 1 unspecified atom stereocenters. The van der Waals surface area contributed by atoms with Crippen LogP contribution in [0.5, 0.6) is 0 Å². The highest BCUT2D eigenvalue weighted by molar-refractivity contribution is 6.04. The summed E-state index contributed by atoms with van der Waals surface area (Å²) in [7, 11) is 1.86. The van der Waals surface area contributed by atoms with Crippen LogP contribution in [0.4, 0.5) is 0 Å². The van der Waals surface area contributed by atoms with Crippen molar-refractivity contribution in [2.24, 2.45) is 11.7 Å². The Hall–Kier alpha value is -3.72. The van der Waals surface area contributed by atoms with Gasteiger partial charge in [-0.15, -0.1) is 0 Å². The number of primary amides is 1. The van der Waals surface area contributed by atoms with Gasteiger partial charge in [0.05, 0.1) is 17.2 Å². The first-order valence-electron chi connectivity index (χ1n) is 12.0. The highest BCUT2D eigenvalue weighted by atomic mass is 16.5. The minimum atomic E-state index is -0.489. The van der Waals surface area contributed by atoms with Crippen LogP contribution in [0.3, 0.4) is 0 Å². The van der Waals surface area contributed by atoms with Crippen LogP contribution in [0.1, 0.15) is 49.5 Å². The number of benzene rings is 2. The molecule has 0 saturated carbocycles. The fourth-order valence-corrected chi connectivity index (χ4v) is 4.00. The van der Waals surface area contributed by atoms with Gasteiger partial charge in [0.15, 0.2) is 0 Å². The van der Waals surface area contributed by atoms with Crippen LogP contribution in [-0.2, 0) is 20.9 Å². The van der Waals surface area contributed by atoms with Crippen molar-refractivity contribution in [1.29, 1.82) is 0 Å². The van der Waals surface area contributed by atoms with Crippen LogP contribution >= 0.6 is 0 Å². The molecule has 2 heterocycles. The summed E-state index contributed by atoms with van der Waals surface area (Å²) in [6, 6.07) is 13.3. The Morgan fingerprint density at radius 1 is 1.22 bits per heavy atom. The van der Waals surface area contributed by atoms with Crippen molar-refractivity contribution in [3.8, 4) is 5.69 Å². The predicted molar refractivity (Wildman–Crippen MR) is 139 cm³/mol. The number of ether oxygens (including phenoxy) is 1. The molecule has 0 aliphatic carbocycles. The van der Waals surface area contributed by atoms with Gasteiger partial charge in [0, 0.05) is 31.7 Å². The number of aromatic nitrogens is 2. The number of fused-ring (bicyclic) bond motifs is 1. The lowest BCUT2D eigenvalue weighted by atomic mass is 9.98. The van der Waals surface area contributed by atoms with Gasteiger partial charge in [-0.05, 0) is 63.9 Å². The first-order valence-corrected chi connectivity index (χ1v) is 12.0. The Labute approximate surface area is 211 Å². The van der Waals surface area contributed by atoms with Crippen LogP contribution in [0, 0.1) is 5.92 Å². The van der Waals surface area contributed by atoms with E-state index in [1.165, 1.54) is 0 Å². The van der Waals surface area contributed by atoms with E-state index < -0.39 is 5.91 Å². The number of nitrogens with two attached hydrogens (primary N) is 1. The van der Waals surface area contributed by atoms with Crippen molar-refractivity contribution in [2.45, 2.75) is 45.8 Å². The van der Waals surface area contributed by atoms with Gasteiger partial charge < -0.3 is 20.7 Å². The van der Waals surface area contributed by atoms with Crippen LogP contribution in [0.15, 0.2) is 48.7 Å². The third-order valence-electron chi connectivity index (χ3n) is 5.85. The van der Waals surface area contributed by atoms with Gasteiger partial charge in [0.2, 0.25) is 5.91 Å². The molecular formula is C27H35N5O4. The minimum absolute atomic E-state index is 0.0731. The Morgan fingerprint density at radius 3 is 2.50 bits per heavy atom. The first-order chi connectivity index (χ1) is 17.1. The summed E-state index contributed by atoms with van der Waals surface area (Å²) in [4.78, 5) is 35.6. The Bertz CT molecular complexity index is 1190. The molecule has 1 fully saturated rings. The van der Waals surface area contributed by atoms with Crippen molar-refractivity contribution in [3.05, 3.63) is 59.8 Å². The lowest BCUT2D eigenvalue weighted by Gasteiger charge is -2.27. The zero-order valence-electron chi connectivity index (χ0n) is 21.4. The third kappa shape index (κ3) is 7.14. The average molecular weight is 494 g/mol. The predicted octanol–water partition coefficient (Wildman–Crippen LogP) is 3.04. The molecule has 0 radical (unpaired) electrons. The molecule has 2 amide bonds. The molecule has 4 rings (SSSR count). The number of nitrogens with zero attached hydrogens (tertiary/aromatic N) is 3. The number of piperidine rings is 1. The zero-order chi connectivity index (χ0) is 26.3. The zero-order valence-corrected chi connectivity index (χ0v) is 21.4. The van der Waals surface area contributed by atoms with Crippen LogP contribution in [-0.4, -0.2) is 58.7 Å². The second-order valence-electron chi connectivity index (χ2n) is 9.91. The van der Waals surface area contributed by atoms with E-state index in [0.717, 1.165) is 42.6 Å². The van der Waals surface area contributed by atoms with E-state index in [-0.39, 0.29) is 17.4 Å². The maximum Gasteiger partial charge on any atom is 0.293 e. The van der Waals surface area contributed by atoms with E-state index in [1.807, 2.05) is 64.3 Å². The normalized spacial score (nSPS) is 15.5. The van der Waals surface area contributed by atoms with Crippen molar-refractivity contribution in [2.75, 3.05) is 20.1 Å². The quantitative estimate of drug-likeness (QED) is 0.510. The van der Waals surface area contributed by atoms with E-state index in [1.54, 1.807) is 21.7 Å². The summed E-state index contributed by atoms with van der Waals surface area (Å²) in [6.07, 6.45) is 3.88. The third-order valence-corrected chi connectivity index (χ3v) is 5.85. The molecule has 1 aromatic heterocycles. The lowest BCUT2D eigenvalue weighted by molar-refractivity contribution is -0.138. The topological polar surface area (TPSA) is 120 Å². The number of nitrogens with one attached hydrogen (secondary N) is 1. The average Bonchev–Trinajstić information content (AvgIpc) is 3.28. The summed E-state index contributed by atoms with van der Waals surface area (Å²) in [6.45, 7) is 8.26. The molecule has 9 nitrogen and oxygen atoms in total. The van der Waals surface area contributed by atoms with Crippen LogP contribution in [0.25, 0.3) is 16.6 Å². The Kier molecular flexibility index (Phi) is 8.82. The first kappa shape index (κ1) is 26.9. The fraction of sp³-hybridized carbons (Fsp3) is 0.407. The maximum absolute atomic E-state index is 12.6. The number of hydrogen-bond donors (Lipinski definition) is 2. The summed E-state index contributed by atoms with van der Waals surface area (Å²) in [5, 5.41) is 8.68. The van der Waals surface area contributed by atoms with Gasteiger partial charge in [-0.25, -0.2) is 4.68 Å². The molecule has 192 valence electrons. The molecule has 0 spiro atoms. The van der Waals surface area contributed by atoms with E-state index in [2.05, 4.69) is 15.2 Å². The molecule has 1 aliphatic rings. The number of carbonyl (C=O) groups is 3. The second kappa shape index (κ2) is 11.8. The molecule has 0 bridgehead atoms. The van der Waals surface area contributed by atoms with E-state index in [0.29, 0.717) is 24.1 Å². The monoisotopic (exact) mass is 493 g/mol. The van der Waals surface area contributed by atoms with Gasteiger partial charge >= 0.3 is 0 Å². The summed E-state index contributed by atoms with van der Waals surface area (Å²) in [5.41, 5.74) is 8.07. The van der Waals surface area contributed by atoms with Crippen molar-refractivity contribution < 1.29 is 19.1 Å². The molecular weight excluding hydrogens is 458 g/mol. The van der Waals surface area contributed by atoms with E-state index in [9.17, 15) is 14.4 Å². The highest BCUT2D eigenvalue weighted by Gasteiger charge is 2.23. The summed E-state index contributed by atoms with van der Waals surface area (Å²) >= 11 is 0. The van der Waals surface area contributed by atoms with Gasteiger partial charge in [-0.2, -0.15) is 5.10 Å². The van der Waals surface area contributed by atoms with Gasteiger partial charge in [0.1, 0.15) is 11.1 Å². The van der Waals surface area contributed by atoms with Gasteiger partial charge in [-0.3, -0.25) is 14.4 Å². The molecule has 1 saturated heterocycles. The SMILES string of the molecule is CC(C)(C)OC=O.CN(Cc1ccc(-n2cc3cccc(C(N)=O)c3n2)cc1)C(=O)C1CCCNC1. The fourth-order valence-electron chi connectivity index (χ4n) is 4.00. The van der Waals surface area contributed by atoms with Crippen molar-refractivity contribution in [3.63, 3.8) is 0 Å². The maximum atomic E-state index is 12.6. The van der Waals surface area contributed by atoms with Crippen molar-refractivity contribution >= 4 is 29.2 Å². The number of carbonyl (C=O) groups excluding carboxylic acids is 3. The molecule has 2 aromatic carbocycles. The van der Waals surface area contributed by atoms with E-state index >= 15 is 0 Å². The van der Waals surface area contributed by atoms with Crippen molar-refractivity contribution in [1.82, 2.24) is 20.0 Å². The molecule has 3 N–H and O–H groups in total.